The number of nitrogens with zero attached hydrogens (tertiary/aromatic N) is 5. The third kappa shape index (κ3) is 2.49. The SMILES string of the molecule is N#C/C=C/c1cn(-c2ccnc(N)n2)c2cc(Br)ncc12. The van der Waals surface area contributed by atoms with Crippen molar-refractivity contribution in [1.29, 1.82) is 5.26 Å². The molecule has 102 valence electrons. The van der Waals surface area contributed by atoms with Crippen LogP contribution in [0.4, 0.5) is 5.95 Å². The summed E-state index contributed by atoms with van der Waals surface area (Å²) >= 11 is 3.36. The molecular weight excluding hydrogens is 332 g/mol. The lowest BCUT2D eigenvalue weighted by atomic mass is 10.2. The Bertz CT molecular complexity index is 890. The van der Waals surface area contributed by atoms with Crippen molar-refractivity contribution >= 4 is 38.9 Å². The van der Waals surface area contributed by atoms with Crippen LogP contribution in [0.3, 0.4) is 0 Å². The molecule has 0 aliphatic carbocycles. The lowest BCUT2D eigenvalue weighted by Crippen LogP contribution is -2.01. The third-order valence-corrected chi connectivity index (χ3v) is 3.36. The molecule has 0 saturated heterocycles. The smallest absolute Gasteiger partial charge is 0.221 e. The molecule has 3 aromatic heterocycles. The first-order valence-corrected chi connectivity index (χ1v) is 6.80. The van der Waals surface area contributed by atoms with Gasteiger partial charge in [-0.25, -0.2) is 9.97 Å². The number of nitriles is 1. The number of hydrogen-bond donors (Lipinski definition) is 1. The molecule has 0 aliphatic heterocycles. The van der Waals surface area contributed by atoms with Gasteiger partial charge < -0.3 is 10.3 Å². The number of anilines is 1. The minimum Gasteiger partial charge on any atom is -0.368 e. The molecule has 0 radical (unpaired) electrons. The fraction of sp³-hybridized carbons (Fsp3) is 0. The molecule has 3 aromatic rings. The van der Waals surface area contributed by atoms with Crippen LogP contribution in [-0.2, 0) is 0 Å². The summed E-state index contributed by atoms with van der Waals surface area (Å²) in [7, 11) is 0. The number of rotatable bonds is 2. The van der Waals surface area contributed by atoms with Crippen LogP contribution in [0.2, 0.25) is 0 Å². The molecule has 21 heavy (non-hydrogen) atoms. The van der Waals surface area contributed by atoms with Crippen molar-refractivity contribution in [3.63, 3.8) is 0 Å². The molecule has 0 spiro atoms. The zero-order valence-electron chi connectivity index (χ0n) is 10.7. The van der Waals surface area contributed by atoms with E-state index in [-0.39, 0.29) is 5.95 Å². The largest absolute Gasteiger partial charge is 0.368 e. The van der Waals surface area contributed by atoms with Crippen LogP contribution in [-0.4, -0.2) is 19.5 Å². The van der Waals surface area contributed by atoms with Gasteiger partial charge in [0, 0.05) is 35.6 Å². The molecule has 0 atom stereocenters. The summed E-state index contributed by atoms with van der Waals surface area (Å²) in [6.45, 7) is 0. The topological polar surface area (TPSA) is 93.4 Å². The van der Waals surface area contributed by atoms with Crippen LogP contribution in [0, 0.1) is 11.3 Å². The van der Waals surface area contributed by atoms with Crippen molar-refractivity contribution in [2.75, 3.05) is 5.73 Å². The summed E-state index contributed by atoms with van der Waals surface area (Å²) in [6, 6.07) is 5.64. The van der Waals surface area contributed by atoms with Crippen molar-refractivity contribution in [2.45, 2.75) is 0 Å². The number of hydrogen-bond acceptors (Lipinski definition) is 5. The van der Waals surface area contributed by atoms with E-state index in [2.05, 4.69) is 30.9 Å². The average Bonchev–Trinajstić information content (AvgIpc) is 2.83. The van der Waals surface area contributed by atoms with Gasteiger partial charge in [0.05, 0.1) is 11.6 Å². The fourth-order valence-corrected chi connectivity index (χ4v) is 2.39. The zero-order chi connectivity index (χ0) is 14.8. The van der Waals surface area contributed by atoms with Gasteiger partial charge in [0.2, 0.25) is 5.95 Å². The van der Waals surface area contributed by atoms with Crippen molar-refractivity contribution in [1.82, 2.24) is 19.5 Å². The van der Waals surface area contributed by atoms with E-state index in [0.29, 0.717) is 10.4 Å². The maximum atomic E-state index is 8.70. The minimum atomic E-state index is 0.205. The number of nitrogen functional groups attached to an aromatic ring is 1. The molecule has 3 rings (SSSR count). The molecule has 0 aliphatic rings. The van der Waals surface area contributed by atoms with E-state index in [9.17, 15) is 0 Å². The van der Waals surface area contributed by atoms with E-state index < -0.39 is 0 Å². The zero-order valence-corrected chi connectivity index (χ0v) is 12.3. The van der Waals surface area contributed by atoms with Crippen molar-refractivity contribution < 1.29 is 0 Å². The van der Waals surface area contributed by atoms with Crippen LogP contribution in [0.1, 0.15) is 5.56 Å². The minimum absolute atomic E-state index is 0.205. The molecule has 0 fully saturated rings. The Morgan fingerprint density at radius 2 is 2.24 bits per heavy atom. The highest BCUT2D eigenvalue weighted by Gasteiger charge is 2.10. The summed E-state index contributed by atoms with van der Waals surface area (Å²) < 4.78 is 2.60. The highest BCUT2D eigenvalue weighted by atomic mass is 79.9. The number of allylic oxidation sites excluding steroid dienone is 1. The third-order valence-electron chi connectivity index (χ3n) is 2.93. The molecule has 0 unspecified atom stereocenters. The van der Waals surface area contributed by atoms with Gasteiger partial charge >= 0.3 is 0 Å². The molecule has 0 saturated carbocycles. The Hall–Kier alpha value is -2.72. The Morgan fingerprint density at radius 1 is 1.38 bits per heavy atom. The predicted octanol–water partition coefficient (Wildman–Crippen LogP) is 2.70. The first-order chi connectivity index (χ1) is 10.2. The number of aromatic nitrogens is 4. The van der Waals surface area contributed by atoms with Gasteiger partial charge in [-0.2, -0.15) is 10.2 Å². The number of fused-ring (bicyclic) bond motifs is 1. The molecule has 0 bridgehead atoms. The molecule has 6 nitrogen and oxygen atoms in total. The maximum Gasteiger partial charge on any atom is 0.221 e. The monoisotopic (exact) mass is 340 g/mol. The van der Waals surface area contributed by atoms with Crippen molar-refractivity contribution in [3.8, 4) is 11.9 Å². The lowest BCUT2D eigenvalue weighted by molar-refractivity contribution is 1.02. The van der Waals surface area contributed by atoms with Gasteiger partial charge in [-0.3, -0.25) is 0 Å². The fourth-order valence-electron chi connectivity index (χ4n) is 2.07. The molecule has 0 aromatic carbocycles. The second-order valence-electron chi connectivity index (χ2n) is 4.21. The van der Waals surface area contributed by atoms with Gasteiger partial charge in [0.15, 0.2) is 0 Å². The maximum absolute atomic E-state index is 8.70. The first-order valence-electron chi connectivity index (χ1n) is 6.00. The highest BCUT2D eigenvalue weighted by Crippen LogP contribution is 2.26. The second-order valence-corrected chi connectivity index (χ2v) is 5.03. The standard InChI is InChI=1S/C14H9BrN6/c15-12-6-11-10(7-19-12)9(2-1-4-16)8-21(11)13-3-5-18-14(17)20-13/h1-3,5-8H,(H2,17,18,20)/b2-1+. The van der Waals surface area contributed by atoms with E-state index in [4.69, 9.17) is 11.0 Å². The van der Waals surface area contributed by atoms with Crippen LogP contribution in [0.5, 0.6) is 0 Å². The van der Waals surface area contributed by atoms with Crippen molar-refractivity contribution in [3.05, 3.63) is 47.0 Å². The van der Waals surface area contributed by atoms with E-state index in [0.717, 1.165) is 16.5 Å². The van der Waals surface area contributed by atoms with Crippen molar-refractivity contribution in [2.24, 2.45) is 0 Å². The number of halogens is 1. The Labute approximate surface area is 128 Å². The van der Waals surface area contributed by atoms with E-state index in [1.54, 1.807) is 24.5 Å². The van der Waals surface area contributed by atoms with Gasteiger partial charge in [-0.1, -0.05) is 0 Å². The summed E-state index contributed by atoms with van der Waals surface area (Å²) in [6.07, 6.45) is 8.39. The molecule has 3 heterocycles. The van der Waals surface area contributed by atoms with Gasteiger partial charge in [-0.05, 0) is 34.1 Å². The van der Waals surface area contributed by atoms with E-state index in [1.807, 2.05) is 22.9 Å². The predicted molar refractivity (Wildman–Crippen MR) is 83.4 cm³/mol. The molecular formula is C14H9BrN6. The average molecular weight is 341 g/mol. The Balaban J connectivity index is 2.30. The lowest BCUT2D eigenvalue weighted by Gasteiger charge is -2.04. The van der Waals surface area contributed by atoms with Gasteiger partial charge in [-0.15, -0.1) is 0 Å². The van der Waals surface area contributed by atoms with Gasteiger partial charge in [0.25, 0.3) is 0 Å². The molecule has 2 N–H and O–H groups in total. The summed E-state index contributed by atoms with van der Waals surface area (Å²) in [5.74, 6) is 0.860. The van der Waals surface area contributed by atoms with Crippen LogP contribution in [0.15, 0.2) is 41.4 Å². The van der Waals surface area contributed by atoms with Gasteiger partial charge in [0.1, 0.15) is 10.4 Å². The summed E-state index contributed by atoms with van der Waals surface area (Å²) in [5.41, 5.74) is 7.43. The van der Waals surface area contributed by atoms with E-state index in [1.165, 1.54) is 6.08 Å². The quantitative estimate of drug-likeness (QED) is 0.571. The Morgan fingerprint density at radius 3 is 3.00 bits per heavy atom. The first kappa shape index (κ1) is 13.3. The van der Waals surface area contributed by atoms with E-state index >= 15 is 0 Å². The number of nitrogens with two attached hydrogens (primary N) is 1. The summed E-state index contributed by atoms with van der Waals surface area (Å²) in [5, 5.41) is 9.62. The Kier molecular flexibility index (Phi) is 3.38. The molecule has 0 amide bonds. The highest BCUT2D eigenvalue weighted by molar-refractivity contribution is 9.10. The molecule has 7 heteroatoms. The van der Waals surface area contributed by atoms with Crippen LogP contribution < -0.4 is 5.73 Å². The summed E-state index contributed by atoms with van der Waals surface area (Å²) in [4.78, 5) is 12.3. The van der Waals surface area contributed by atoms with Crippen LogP contribution >= 0.6 is 15.9 Å². The normalized spacial score (nSPS) is 11.0. The van der Waals surface area contributed by atoms with Crippen LogP contribution in [0.25, 0.3) is 22.8 Å². The second kappa shape index (κ2) is 5.34. The number of pyridine rings is 1.